The van der Waals surface area contributed by atoms with Crippen LogP contribution in [0.5, 0.6) is 0 Å². The molecule has 94 valence electrons. The topological polar surface area (TPSA) is 41.1 Å². The van der Waals surface area contributed by atoms with E-state index in [1.165, 1.54) is 22.6 Å². The summed E-state index contributed by atoms with van der Waals surface area (Å²) >= 11 is 1.75. The standard InChI is InChI=1S/C13H20N2OS/c1-9-3-6-12(17-9)10(2)15-13(16)7-8-14-11-4-5-11/h3,6,10-11,14H,4-5,7-8H2,1-2H3,(H,15,16). The lowest BCUT2D eigenvalue weighted by molar-refractivity contribution is -0.121. The Morgan fingerprint density at radius 1 is 1.53 bits per heavy atom. The van der Waals surface area contributed by atoms with Crippen molar-refractivity contribution in [3.63, 3.8) is 0 Å². The molecule has 1 amide bonds. The Bertz CT molecular complexity index is 385. The van der Waals surface area contributed by atoms with Crippen LogP contribution in [0.15, 0.2) is 12.1 Å². The molecular weight excluding hydrogens is 232 g/mol. The maximum Gasteiger partial charge on any atom is 0.221 e. The summed E-state index contributed by atoms with van der Waals surface area (Å²) in [5.41, 5.74) is 0. The van der Waals surface area contributed by atoms with Crippen molar-refractivity contribution in [3.8, 4) is 0 Å². The van der Waals surface area contributed by atoms with E-state index in [9.17, 15) is 4.79 Å². The number of hydrogen-bond acceptors (Lipinski definition) is 3. The Morgan fingerprint density at radius 3 is 2.88 bits per heavy atom. The van der Waals surface area contributed by atoms with Gasteiger partial charge in [0.25, 0.3) is 0 Å². The van der Waals surface area contributed by atoms with Crippen molar-refractivity contribution >= 4 is 17.2 Å². The van der Waals surface area contributed by atoms with Gasteiger partial charge in [-0.15, -0.1) is 11.3 Å². The largest absolute Gasteiger partial charge is 0.349 e. The monoisotopic (exact) mass is 252 g/mol. The minimum Gasteiger partial charge on any atom is -0.349 e. The number of aryl methyl sites for hydroxylation is 1. The van der Waals surface area contributed by atoms with Gasteiger partial charge in [0.15, 0.2) is 0 Å². The smallest absolute Gasteiger partial charge is 0.221 e. The highest BCUT2D eigenvalue weighted by Gasteiger charge is 2.20. The molecule has 1 aromatic rings. The van der Waals surface area contributed by atoms with Crippen molar-refractivity contribution in [2.45, 2.75) is 45.2 Å². The average Bonchev–Trinajstić information content (AvgIpc) is 2.99. The van der Waals surface area contributed by atoms with Gasteiger partial charge in [-0.25, -0.2) is 0 Å². The van der Waals surface area contributed by atoms with E-state index >= 15 is 0 Å². The third-order valence-corrected chi connectivity index (χ3v) is 4.11. The average molecular weight is 252 g/mol. The Balaban J connectivity index is 1.69. The zero-order chi connectivity index (χ0) is 12.3. The fourth-order valence-electron chi connectivity index (χ4n) is 1.75. The molecule has 1 aliphatic carbocycles. The van der Waals surface area contributed by atoms with Gasteiger partial charge in [-0.3, -0.25) is 4.79 Å². The predicted molar refractivity (Wildman–Crippen MR) is 71.3 cm³/mol. The zero-order valence-electron chi connectivity index (χ0n) is 10.5. The Kier molecular flexibility index (Phi) is 4.18. The summed E-state index contributed by atoms with van der Waals surface area (Å²) in [6, 6.07) is 4.99. The number of amides is 1. The van der Waals surface area contributed by atoms with Gasteiger partial charge in [-0.1, -0.05) is 0 Å². The SMILES string of the molecule is Cc1ccc(C(C)NC(=O)CCNC2CC2)s1. The minimum absolute atomic E-state index is 0.127. The van der Waals surface area contributed by atoms with E-state index in [1.807, 2.05) is 6.92 Å². The molecule has 1 heterocycles. The molecule has 1 aromatic heterocycles. The third kappa shape index (κ3) is 4.13. The summed E-state index contributed by atoms with van der Waals surface area (Å²) in [6.07, 6.45) is 3.12. The molecule has 1 aliphatic rings. The molecule has 0 aliphatic heterocycles. The first kappa shape index (κ1) is 12.6. The van der Waals surface area contributed by atoms with Crippen LogP contribution in [0.25, 0.3) is 0 Å². The van der Waals surface area contributed by atoms with Gasteiger partial charge in [0, 0.05) is 28.8 Å². The van der Waals surface area contributed by atoms with Crippen LogP contribution in [0.1, 0.15) is 42.0 Å². The first-order valence-electron chi connectivity index (χ1n) is 6.24. The van der Waals surface area contributed by atoms with E-state index in [0.717, 1.165) is 6.54 Å². The van der Waals surface area contributed by atoms with Crippen molar-refractivity contribution in [2.75, 3.05) is 6.54 Å². The van der Waals surface area contributed by atoms with Crippen LogP contribution < -0.4 is 10.6 Å². The van der Waals surface area contributed by atoms with Crippen LogP contribution in [0.3, 0.4) is 0 Å². The van der Waals surface area contributed by atoms with E-state index in [4.69, 9.17) is 0 Å². The summed E-state index contributed by atoms with van der Waals surface area (Å²) in [7, 11) is 0. The van der Waals surface area contributed by atoms with Crippen LogP contribution >= 0.6 is 11.3 Å². The summed E-state index contributed by atoms with van der Waals surface area (Å²) in [6.45, 7) is 4.92. The molecule has 0 spiro atoms. The van der Waals surface area contributed by atoms with Gasteiger partial charge in [-0.05, 0) is 38.8 Å². The van der Waals surface area contributed by atoms with E-state index in [0.29, 0.717) is 12.5 Å². The molecule has 1 saturated carbocycles. The molecule has 0 radical (unpaired) electrons. The number of nitrogens with one attached hydrogen (secondary N) is 2. The number of carbonyl (C=O) groups is 1. The zero-order valence-corrected chi connectivity index (χ0v) is 11.3. The minimum atomic E-state index is 0.127. The van der Waals surface area contributed by atoms with Crippen molar-refractivity contribution in [2.24, 2.45) is 0 Å². The van der Waals surface area contributed by atoms with Gasteiger partial charge in [0.1, 0.15) is 0 Å². The van der Waals surface area contributed by atoms with Crippen LogP contribution in [0, 0.1) is 6.92 Å². The number of hydrogen-bond donors (Lipinski definition) is 2. The molecule has 17 heavy (non-hydrogen) atoms. The van der Waals surface area contributed by atoms with Crippen LogP contribution in [-0.2, 0) is 4.79 Å². The highest BCUT2D eigenvalue weighted by Crippen LogP contribution is 2.22. The Morgan fingerprint density at radius 2 is 2.29 bits per heavy atom. The Hall–Kier alpha value is -0.870. The van der Waals surface area contributed by atoms with Crippen molar-refractivity contribution in [3.05, 3.63) is 21.9 Å². The van der Waals surface area contributed by atoms with Gasteiger partial charge in [0.2, 0.25) is 5.91 Å². The molecule has 0 bridgehead atoms. The second-order valence-electron chi connectivity index (χ2n) is 4.72. The van der Waals surface area contributed by atoms with Gasteiger partial charge in [0.05, 0.1) is 6.04 Å². The lowest BCUT2D eigenvalue weighted by Gasteiger charge is -2.12. The second kappa shape index (κ2) is 5.65. The normalized spacial score (nSPS) is 16.8. The van der Waals surface area contributed by atoms with Crippen molar-refractivity contribution < 1.29 is 4.79 Å². The number of rotatable bonds is 6. The van der Waals surface area contributed by atoms with Gasteiger partial charge >= 0.3 is 0 Å². The molecule has 1 fully saturated rings. The summed E-state index contributed by atoms with van der Waals surface area (Å²) in [5, 5.41) is 6.38. The predicted octanol–water partition coefficient (Wildman–Crippen LogP) is 2.38. The van der Waals surface area contributed by atoms with Crippen molar-refractivity contribution in [1.29, 1.82) is 0 Å². The summed E-state index contributed by atoms with van der Waals surface area (Å²) in [5.74, 6) is 0.136. The first-order chi connectivity index (χ1) is 8.15. The van der Waals surface area contributed by atoms with Crippen molar-refractivity contribution in [1.82, 2.24) is 10.6 Å². The molecule has 1 atom stereocenters. The molecule has 2 rings (SSSR count). The second-order valence-corrected chi connectivity index (χ2v) is 6.04. The molecule has 4 heteroatoms. The molecule has 0 saturated heterocycles. The molecule has 1 unspecified atom stereocenters. The van der Waals surface area contributed by atoms with Crippen LogP contribution in [-0.4, -0.2) is 18.5 Å². The van der Waals surface area contributed by atoms with Crippen LogP contribution in [0.2, 0.25) is 0 Å². The highest BCUT2D eigenvalue weighted by atomic mass is 32.1. The lowest BCUT2D eigenvalue weighted by Crippen LogP contribution is -2.30. The molecule has 2 N–H and O–H groups in total. The first-order valence-corrected chi connectivity index (χ1v) is 7.06. The third-order valence-electron chi connectivity index (χ3n) is 2.93. The van der Waals surface area contributed by atoms with E-state index in [2.05, 4.69) is 29.7 Å². The van der Waals surface area contributed by atoms with E-state index in [-0.39, 0.29) is 11.9 Å². The fourth-order valence-corrected chi connectivity index (χ4v) is 2.63. The lowest BCUT2D eigenvalue weighted by atomic mass is 10.2. The molecular formula is C13H20N2OS. The quantitative estimate of drug-likeness (QED) is 0.816. The van der Waals surface area contributed by atoms with E-state index < -0.39 is 0 Å². The molecule has 3 nitrogen and oxygen atoms in total. The van der Waals surface area contributed by atoms with E-state index in [1.54, 1.807) is 11.3 Å². The number of carbonyl (C=O) groups excluding carboxylic acids is 1. The van der Waals surface area contributed by atoms with Gasteiger partial charge < -0.3 is 10.6 Å². The van der Waals surface area contributed by atoms with Crippen LogP contribution in [0.4, 0.5) is 0 Å². The highest BCUT2D eigenvalue weighted by molar-refractivity contribution is 7.12. The Labute approximate surface area is 107 Å². The maximum atomic E-state index is 11.7. The summed E-state index contributed by atoms with van der Waals surface area (Å²) in [4.78, 5) is 14.2. The maximum absolute atomic E-state index is 11.7. The van der Waals surface area contributed by atoms with Gasteiger partial charge in [-0.2, -0.15) is 0 Å². The summed E-state index contributed by atoms with van der Waals surface area (Å²) < 4.78 is 0. The number of thiophene rings is 1. The molecule has 0 aromatic carbocycles. The fraction of sp³-hybridized carbons (Fsp3) is 0.615.